The summed E-state index contributed by atoms with van der Waals surface area (Å²) in [4.78, 5) is 6.12. The van der Waals surface area contributed by atoms with E-state index in [1.54, 1.807) is 0 Å². The second-order valence-corrected chi connectivity index (χ2v) is 7.89. The van der Waals surface area contributed by atoms with E-state index in [0.717, 1.165) is 36.9 Å². The molecule has 0 spiro atoms. The number of fused-ring (bicyclic) bond motifs is 3. The van der Waals surface area contributed by atoms with E-state index in [2.05, 4.69) is 76.6 Å². The Morgan fingerprint density at radius 1 is 1.13 bits per heavy atom. The number of aromatic nitrogens is 1. The predicted octanol–water partition coefficient (Wildman–Crippen LogP) is 5.80. The van der Waals surface area contributed by atoms with Crippen LogP contribution in [0.5, 0.6) is 0 Å². The molecule has 1 N–H and O–H groups in total. The van der Waals surface area contributed by atoms with Gasteiger partial charge in [0.25, 0.3) is 0 Å². The zero-order chi connectivity index (χ0) is 20.9. The van der Waals surface area contributed by atoms with Gasteiger partial charge in [-0.2, -0.15) is 10.5 Å². The van der Waals surface area contributed by atoms with Crippen LogP contribution in [0.3, 0.4) is 0 Å². The van der Waals surface area contributed by atoms with E-state index in [9.17, 15) is 10.5 Å². The Hall–Kier alpha value is -3.34. The maximum atomic E-state index is 9.56. The highest BCUT2D eigenvalue weighted by Gasteiger charge is 2.36. The van der Waals surface area contributed by atoms with Crippen molar-refractivity contribution in [1.29, 1.82) is 10.5 Å². The smallest absolute Gasteiger partial charge is 0.0943 e. The number of rotatable bonds is 6. The van der Waals surface area contributed by atoms with Crippen molar-refractivity contribution < 1.29 is 0 Å². The summed E-state index contributed by atoms with van der Waals surface area (Å²) in [5.74, 6) is 0. The molecular formula is C26H26N4. The average molecular weight is 395 g/mol. The van der Waals surface area contributed by atoms with Gasteiger partial charge in [0.05, 0.1) is 24.6 Å². The number of para-hydroxylation sites is 1. The number of aromatic amines is 1. The normalized spacial score (nSPS) is 19.2. The van der Waals surface area contributed by atoms with Crippen molar-refractivity contribution in [2.24, 2.45) is 0 Å². The van der Waals surface area contributed by atoms with Crippen LogP contribution in [0, 0.1) is 22.7 Å². The third-order valence-electron chi connectivity index (χ3n) is 6.14. The molecule has 0 unspecified atom stereocenters. The Morgan fingerprint density at radius 2 is 1.90 bits per heavy atom. The number of nitrogens with one attached hydrogen (secondary N) is 1. The topological polar surface area (TPSA) is 66.6 Å². The molecule has 1 aliphatic heterocycles. The molecule has 0 amide bonds. The highest BCUT2D eigenvalue weighted by atomic mass is 15.2. The van der Waals surface area contributed by atoms with Gasteiger partial charge in [-0.05, 0) is 36.5 Å². The third kappa shape index (κ3) is 3.88. The molecule has 0 fully saturated rings. The number of nitrogens with zero attached hydrogens (tertiary/aromatic N) is 3. The number of hydrogen-bond acceptors (Lipinski definition) is 3. The Balaban J connectivity index is 1.81. The van der Waals surface area contributed by atoms with E-state index >= 15 is 0 Å². The van der Waals surface area contributed by atoms with Gasteiger partial charge >= 0.3 is 0 Å². The van der Waals surface area contributed by atoms with Gasteiger partial charge in [-0.1, -0.05) is 61.5 Å². The summed E-state index contributed by atoms with van der Waals surface area (Å²) in [5, 5.41) is 20.2. The molecule has 0 bridgehead atoms. The molecule has 1 aliphatic rings. The summed E-state index contributed by atoms with van der Waals surface area (Å²) in [6.45, 7) is 2.80. The van der Waals surface area contributed by atoms with E-state index in [-0.39, 0.29) is 12.1 Å². The zero-order valence-electron chi connectivity index (χ0n) is 17.3. The summed E-state index contributed by atoms with van der Waals surface area (Å²) in [7, 11) is 0. The van der Waals surface area contributed by atoms with Crippen molar-refractivity contribution >= 4 is 10.9 Å². The molecule has 3 aromatic rings. The fourth-order valence-electron chi connectivity index (χ4n) is 4.60. The first kappa shape index (κ1) is 20.0. The van der Waals surface area contributed by atoms with Crippen molar-refractivity contribution in [1.82, 2.24) is 9.88 Å². The van der Waals surface area contributed by atoms with E-state index < -0.39 is 0 Å². The maximum absolute atomic E-state index is 9.56. The molecule has 0 aliphatic carbocycles. The first-order valence-corrected chi connectivity index (χ1v) is 10.6. The van der Waals surface area contributed by atoms with Crippen LogP contribution in [0.15, 0.2) is 66.2 Å². The van der Waals surface area contributed by atoms with Crippen LogP contribution in [0.2, 0.25) is 0 Å². The monoisotopic (exact) mass is 394 g/mol. The lowest BCUT2D eigenvalue weighted by molar-refractivity contribution is 0.108. The quantitative estimate of drug-likeness (QED) is 0.537. The summed E-state index contributed by atoms with van der Waals surface area (Å²) < 4.78 is 0. The minimum Gasteiger partial charge on any atom is -0.357 e. The standard InChI is InChI=1S/C26H26N4/c1-2-19(17-28)12-13-25-26-23(22-10-6-7-11-24(22)29-26)16-21(14-15-27)30(25)18-20-8-4-3-5-9-20/h3-12,21,25,29H,2,13-14,16,18H2,1H3/b19-12-/t21-,25+/m1/s1. The first-order chi connectivity index (χ1) is 14.7. The largest absolute Gasteiger partial charge is 0.357 e. The van der Waals surface area contributed by atoms with Crippen molar-refractivity contribution in [2.75, 3.05) is 0 Å². The average Bonchev–Trinajstić information content (AvgIpc) is 3.15. The third-order valence-corrected chi connectivity index (χ3v) is 6.14. The van der Waals surface area contributed by atoms with Gasteiger partial charge < -0.3 is 4.98 Å². The van der Waals surface area contributed by atoms with Crippen LogP contribution >= 0.6 is 0 Å². The molecule has 0 saturated heterocycles. The van der Waals surface area contributed by atoms with Crippen molar-refractivity contribution in [3.05, 3.63) is 83.1 Å². The number of benzene rings is 2. The second-order valence-electron chi connectivity index (χ2n) is 7.89. The lowest BCUT2D eigenvalue weighted by Gasteiger charge is -2.41. The molecule has 150 valence electrons. The van der Waals surface area contributed by atoms with Crippen molar-refractivity contribution in [2.45, 2.75) is 51.2 Å². The summed E-state index contributed by atoms with van der Waals surface area (Å²) in [6.07, 6.45) is 4.92. The lowest BCUT2D eigenvalue weighted by atomic mass is 9.88. The van der Waals surface area contributed by atoms with Gasteiger partial charge in [-0.3, -0.25) is 4.90 Å². The number of nitriles is 2. The highest BCUT2D eigenvalue weighted by Crippen LogP contribution is 2.41. The minimum absolute atomic E-state index is 0.106. The molecule has 4 rings (SSSR count). The SMILES string of the molecule is CC/C(C#N)=C/C[C@H]1c2[nH]c3ccccc3c2C[C@@H](CC#N)N1Cc1ccccc1. The molecule has 4 nitrogen and oxygen atoms in total. The van der Waals surface area contributed by atoms with Crippen LogP contribution < -0.4 is 0 Å². The Kier molecular flexibility index (Phi) is 5.98. The van der Waals surface area contributed by atoms with E-state index in [0.29, 0.717) is 6.42 Å². The summed E-state index contributed by atoms with van der Waals surface area (Å²) >= 11 is 0. The highest BCUT2D eigenvalue weighted by molar-refractivity contribution is 5.85. The molecule has 2 heterocycles. The molecular weight excluding hydrogens is 368 g/mol. The fraction of sp³-hybridized carbons (Fsp3) is 0.308. The maximum Gasteiger partial charge on any atom is 0.0943 e. The van der Waals surface area contributed by atoms with Gasteiger partial charge in [0.1, 0.15) is 0 Å². The van der Waals surface area contributed by atoms with Gasteiger partial charge in [0.2, 0.25) is 0 Å². The summed E-state index contributed by atoms with van der Waals surface area (Å²) in [6, 6.07) is 23.8. The number of allylic oxidation sites excluding steroid dienone is 1. The Morgan fingerprint density at radius 3 is 2.63 bits per heavy atom. The summed E-state index contributed by atoms with van der Waals surface area (Å²) in [5.41, 5.74) is 5.75. The van der Waals surface area contributed by atoms with Gasteiger partial charge in [0.15, 0.2) is 0 Å². The Labute approximate surface area is 178 Å². The molecule has 4 heteroatoms. The predicted molar refractivity (Wildman–Crippen MR) is 119 cm³/mol. The molecule has 2 atom stereocenters. The van der Waals surface area contributed by atoms with Gasteiger partial charge in [-0.25, -0.2) is 0 Å². The van der Waals surface area contributed by atoms with E-state index in [1.807, 2.05) is 13.0 Å². The van der Waals surface area contributed by atoms with Gasteiger partial charge in [-0.15, -0.1) is 0 Å². The van der Waals surface area contributed by atoms with Crippen LogP contribution in [0.25, 0.3) is 10.9 Å². The number of hydrogen-bond donors (Lipinski definition) is 1. The van der Waals surface area contributed by atoms with Crippen molar-refractivity contribution in [3.63, 3.8) is 0 Å². The number of H-pyrrole nitrogens is 1. The molecule has 2 aromatic carbocycles. The lowest BCUT2D eigenvalue weighted by Crippen LogP contribution is -2.43. The van der Waals surface area contributed by atoms with E-state index in [1.165, 1.54) is 22.2 Å². The Bertz CT molecular complexity index is 1130. The second kappa shape index (κ2) is 8.99. The van der Waals surface area contributed by atoms with Crippen LogP contribution in [-0.2, 0) is 13.0 Å². The van der Waals surface area contributed by atoms with Crippen LogP contribution in [0.4, 0.5) is 0 Å². The molecule has 0 radical (unpaired) electrons. The molecule has 1 aromatic heterocycles. The zero-order valence-corrected chi connectivity index (χ0v) is 17.3. The van der Waals surface area contributed by atoms with E-state index in [4.69, 9.17) is 0 Å². The molecule has 0 saturated carbocycles. The molecule has 30 heavy (non-hydrogen) atoms. The van der Waals surface area contributed by atoms with Crippen molar-refractivity contribution in [3.8, 4) is 12.1 Å². The van der Waals surface area contributed by atoms with Crippen LogP contribution in [0.1, 0.15) is 49.0 Å². The minimum atomic E-state index is 0.106. The van der Waals surface area contributed by atoms with Gasteiger partial charge in [0, 0.05) is 34.8 Å². The fourth-order valence-corrected chi connectivity index (χ4v) is 4.60. The first-order valence-electron chi connectivity index (χ1n) is 10.6. The van der Waals surface area contributed by atoms with Crippen LogP contribution in [-0.4, -0.2) is 15.9 Å².